The van der Waals surface area contributed by atoms with E-state index in [0.29, 0.717) is 12.1 Å². The number of nitrogens with one attached hydrogen (secondary N) is 1. The highest BCUT2D eigenvalue weighted by Crippen LogP contribution is 2.20. The molecule has 78 valence electrons. The molecule has 2 atom stereocenters. The molecule has 1 fully saturated rings. The zero-order chi connectivity index (χ0) is 10.1. The molecule has 0 amide bonds. The molecule has 0 saturated carbocycles. The molecule has 1 aromatic heterocycles. The lowest BCUT2D eigenvalue weighted by molar-refractivity contribution is 0.121. The smallest absolute Gasteiger partial charge is 0.0825 e. The summed E-state index contributed by atoms with van der Waals surface area (Å²) in [5.41, 5.74) is 2.17. The molecule has 0 aromatic carbocycles. The molecule has 1 aliphatic heterocycles. The van der Waals surface area contributed by atoms with Crippen LogP contribution in [0.5, 0.6) is 0 Å². The van der Waals surface area contributed by atoms with Crippen molar-refractivity contribution >= 4 is 5.69 Å². The molecule has 1 saturated heterocycles. The third kappa shape index (κ3) is 1.75. The van der Waals surface area contributed by atoms with Gasteiger partial charge >= 0.3 is 0 Å². The first-order chi connectivity index (χ1) is 6.66. The minimum Gasteiger partial charge on any atom is -0.377 e. The van der Waals surface area contributed by atoms with Crippen LogP contribution in [0.1, 0.15) is 19.0 Å². The first-order valence-electron chi connectivity index (χ1n) is 5.05. The SMILES string of the molecule is Cc1nn(C)cc1NC1CCOC1C. The number of nitrogens with zero attached hydrogens (tertiary/aromatic N) is 2. The van der Waals surface area contributed by atoms with Crippen molar-refractivity contribution in [2.45, 2.75) is 32.4 Å². The monoisotopic (exact) mass is 195 g/mol. The number of rotatable bonds is 2. The molecule has 0 spiro atoms. The van der Waals surface area contributed by atoms with Gasteiger partial charge in [0, 0.05) is 19.9 Å². The van der Waals surface area contributed by atoms with Gasteiger partial charge in [0.05, 0.1) is 23.5 Å². The van der Waals surface area contributed by atoms with Gasteiger partial charge < -0.3 is 10.1 Å². The van der Waals surface area contributed by atoms with E-state index in [4.69, 9.17) is 4.74 Å². The maximum Gasteiger partial charge on any atom is 0.0825 e. The zero-order valence-corrected chi connectivity index (χ0v) is 8.95. The standard InChI is InChI=1S/C10H17N3O/c1-7-10(6-13(3)12-7)11-9-4-5-14-8(9)2/h6,8-9,11H,4-5H2,1-3H3. The fourth-order valence-electron chi connectivity index (χ4n) is 1.86. The summed E-state index contributed by atoms with van der Waals surface area (Å²) in [4.78, 5) is 0. The fraction of sp³-hybridized carbons (Fsp3) is 0.700. The lowest BCUT2D eigenvalue weighted by Gasteiger charge is -2.16. The summed E-state index contributed by atoms with van der Waals surface area (Å²) in [5.74, 6) is 0. The van der Waals surface area contributed by atoms with Crippen molar-refractivity contribution in [2.75, 3.05) is 11.9 Å². The molecular formula is C10H17N3O. The Labute approximate surface area is 84.3 Å². The second-order valence-electron chi connectivity index (χ2n) is 3.92. The molecular weight excluding hydrogens is 178 g/mol. The van der Waals surface area contributed by atoms with Crippen molar-refractivity contribution in [1.29, 1.82) is 0 Å². The summed E-state index contributed by atoms with van der Waals surface area (Å²) in [7, 11) is 1.94. The average Bonchev–Trinajstić information content (AvgIpc) is 2.62. The van der Waals surface area contributed by atoms with Crippen molar-refractivity contribution in [3.63, 3.8) is 0 Å². The van der Waals surface area contributed by atoms with E-state index in [2.05, 4.69) is 17.3 Å². The van der Waals surface area contributed by atoms with E-state index >= 15 is 0 Å². The number of anilines is 1. The molecule has 1 aliphatic rings. The van der Waals surface area contributed by atoms with E-state index in [1.54, 1.807) is 0 Å². The Hall–Kier alpha value is -1.03. The van der Waals surface area contributed by atoms with Gasteiger partial charge in [-0.05, 0) is 20.3 Å². The maximum atomic E-state index is 5.49. The van der Waals surface area contributed by atoms with E-state index in [0.717, 1.165) is 24.4 Å². The first-order valence-corrected chi connectivity index (χ1v) is 5.05. The third-order valence-electron chi connectivity index (χ3n) is 2.73. The lowest BCUT2D eigenvalue weighted by Crippen LogP contribution is -2.26. The maximum absolute atomic E-state index is 5.49. The summed E-state index contributed by atoms with van der Waals surface area (Å²) < 4.78 is 7.33. The normalized spacial score (nSPS) is 26.8. The van der Waals surface area contributed by atoms with E-state index in [1.165, 1.54) is 0 Å². The van der Waals surface area contributed by atoms with Gasteiger partial charge in [-0.1, -0.05) is 0 Å². The van der Waals surface area contributed by atoms with Gasteiger partial charge in [0.2, 0.25) is 0 Å². The predicted molar refractivity (Wildman–Crippen MR) is 55.4 cm³/mol. The van der Waals surface area contributed by atoms with Crippen molar-refractivity contribution in [2.24, 2.45) is 7.05 Å². The Bertz CT molecular complexity index is 321. The van der Waals surface area contributed by atoms with Gasteiger partial charge in [-0.2, -0.15) is 5.10 Å². The summed E-state index contributed by atoms with van der Waals surface area (Å²) in [5, 5.41) is 7.76. The van der Waals surface area contributed by atoms with Crippen LogP contribution in [0.25, 0.3) is 0 Å². The predicted octanol–water partition coefficient (Wildman–Crippen LogP) is 1.32. The Kier molecular flexibility index (Phi) is 2.46. The summed E-state index contributed by atoms with van der Waals surface area (Å²) in [6.07, 6.45) is 3.39. The lowest BCUT2D eigenvalue weighted by atomic mass is 10.1. The van der Waals surface area contributed by atoms with Crippen LogP contribution in [-0.2, 0) is 11.8 Å². The second-order valence-corrected chi connectivity index (χ2v) is 3.92. The Morgan fingerprint density at radius 3 is 2.93 bits per heavy atom. The highest BCUT2D eigenvalue weighted by molar-refractivity contribution is 5.46. The van der Waals surface area contributed by atoms with Gasteiger partial charge in [0.15, 0.2) is 0 Å². The summed E-state index contributed by atoms with van der Waals surface area (Å²) in [6, 6.07) is 0.429. The van der Waals surface area contributed by atoms with E-state index < -0.39 is 0 Å². The van der Waals surface area contributed by atoms with Crippen molar-refractivity contribution in [3.8, 4) is 0 Å². The first kappa shape index (κ1) is 9.52. The summed E-state index contributed by atoms with van der Waals surface area (Å²) >= 11 is 0. The van der Waals surface area contributed by atoms with Crippen LogP contribution in [0.2, 0.25) is 0 Å². The molecule has 4 nitrogen and oxygen atoms in total. The second kappa shape index (κ2) is 3.61. The van der Waals surface area contributed by atoms with Gasteiger partial charge in [-0.25, -0.2) is 0 Å². The van der Waals surface area contributed by atoms with E-state index in [-0.39, 0.29) is 0 Å². The van der Waals surface area contributed by atoms with Gasteiger partial charge in [-0.3, -0.25) is 4.68 Å². The average molecular weight is 195 g/mol. The van der Waals surface area contributed by atoms with Crippen LogP contribution in [0, 0.1) is 6.92 Å². The summed E-state index contributed by atoms with van der Waals surface area (Å²) in [6.45, 7) is 4.98. The molecule has 2 heterocycles. The van der Waals surface area contributed by atoms with Crippen LogP contribution in [0.4, 0.5) is 5.69 Å². The molecule has 2 unspecified atom stereocenters. The Morgan fingerprint density at radius 1 is 1.64 bits per heavy atom. The highest BCUT2D eigenvalue weighted by atomic mass is 16.5. The van der Waals surface area contributed by atoms with Crippen LogP contribution in [0.15, 0.2) is 6.20 Å². The minimum atomic E-state index is 0.301. The van der Waals surface area contributed by atoms with Gasteiger partial charge in [0.1, 0.15) is 0 Å². The van der Waals surface area contributed by atoms with Crippen LogP contribution in [-0.4, -0.2) is 28.5 Å². The Morgan fingerprint density at radius 2 is 2.43 bits per heavy atom. The van der Waals surface area contributed by atoms with Crippen molar-refractivity contribution < 1.29 is 4.74 Å². The Balaban J connectivity index is 2.06. The molecule has 2 rings (SSSR count). The van der Waals surface area contributed by atoms with Gasteiger partial charge in [0.25, 0.3) is 0 Å². The zero-order valence-electron chi connectivity index (χ0n) is 8.95. The van der Waals surface area contributed by atoms with Crippen molar-refractivity contribution in [3.05, 3.63) is 11.9 Å². The van der Waals surface area contributed by atoms with Crippen molar-refractivity contribution in [1.82, 2.24) is 9.78 Å². The third-order valence-corrected chi connectivity index (χ3v) is 2.73. The molecule has 1 N–H and O–H groups in total. The number of aryl methyl sites for hydroxylation is 2. The van der Waals surface area contributed by atoms with Crippen LogP contribution in [0.3, 0.4) is 0 Å². The number of aromatic nitrogens is 2. The van der Waals surface area contributed by atoms with Crippen LogP contribution < -0.4 is 5.32 Å². The number of ether oxygens (including phenoxy) is 1. The fourth-order valence-corrected chi connectivity index (χ4v) is 1.86. The van der Waals surface area contributed by atoms with Gasteiger partial charge in [-0.15, -0.1) is 0 Å². The molecule has 0 radical (unpaired) electrons. The largest absolute Gasteiger partial charge is 0.377 e. The van der Waals surface area contributed by atoms with E-state index in [1.807, 2.05) is 24.9 Å². The van der Waals surface area contributed by atoms with E-state index in [9.17, 15) is 0 Å². The molecule has 4 heteroatoms. The minimum absolute atomic E-state index is 0.301. The molecule has 0 aliphatic carbocycles. The number of hydrogen-bond donors (Lipinski definition) is 1. The van der Waals surface area contributed by atoms with Crippen LogP contribution >= 0.6 is 0 Å². The highest BCUT2D eigenvalue weighted by Gasteiger charge is 2.24. The quantitative estimate of drug-likeness (QED) is 0.773. The molecule has 14 heavy (non-hydrogen) atoms. The molecule has 0 bridgehead atoms. The number of hydrogen-bond acceptors (Lipinski definition) is 3. The topological polar surface area (TPSA) is 39.1 Å². The molecule has 1 aromatic rings.